The Bertz CT molecular complexity index is 797. The Balaban J connectivity index is 2.01. The second-order valence-electron chi connectivity index (χ2n) is 8.54. The first-order valence-electron chi connectivity index (χ1n) is 9.35. The number of Topliss-reactive ketones (excluding diaryl/α,β-unsaturated/α-hetero) is 1. The molecule has 5 heteroatoms. The first-order chi connectivity index (χ1) is 12.3. The second-order valence-corrected chi connectivity index (χ2v) is 8.54. The molecule has 3 aliphatic rings. The van der Waals surface area contributed by atoms with Crippen LogP contribution in [0.4, 0.5) is 0 Å². The summed E-state index contributed by atoms with van der Waals surface area (Å²) in [5.74, 6) is 1.37. The van der Waals surface area contributed by atoms with Crippen molar-refractivity contribution in [3.8, 4) is 11.5 Å². The smallest absolute Gasteiger partial charge is 0.197 e. The Morgan fingerprint density at radius 3 is 2.69 bits per heavy atom. The van der Waals surface area contributed by atoms with E-state index in [1.54, 1.807) is 14.2 Å². The van der Waals surface area contributed by atoms with Crippen LogP contribution in [0.1, 0.15) is 30.4 Å². The topological polar surface area (TPSA) is 55.8 Å². The molecular formula is C21H28NO4+. The molecule has 0 radical (unpaired) electrons. The lowest BCUT2D eigenvalue weighted by molar-refractivity contribution is -0.917. The molecule has 140 valence electrons. The van der Waals surface area contributed by atoms with E-state index in [2.05, 4.69) is 20.2 Å². The average molecular weight is 358 g/mol. The van der Waals surface area contributed by atoms with E-state index >= 15 is 0 Å². The minimum atomic E-state index is -0.373. The number of likely N-dealkylation sites (tertiary alicyclic amines) is 1. The van der Waals surface area contributed by atoms with Gasteiger partial charge in [0.1, 0.15) is 6.04 Å². The van der Waals surface area contributed by atoms with Gasteiger partial charge in [0.15, 0.2) is 23.0 Å². The third-order valence-electron chi connectivity index (χ3n) is 6.98. The van der Waals surface area contributed by atoms with E-state index in [0.29, 0.717) is 24.0 Å². The maximum atomic E-state index is 12.8. The molecule has 1 N–H and O–H groups in total. The fraction of sp³-hybridized carbons (Fsp3) is 0.571. The van der Waals surface area contributed by atoms with E-state index in [1.807, 2.05) is 12.1 Å². The highest BCUT2D eigenvalue weighted by Gasteiger charge is 2.58. The molecule has 1 aromatic carbocycles. The molecule has 5 nitrogen and oxygen atoms in total. The van der Waals surface area contributed by atoms with Crippen LogP contribution in [0, 0.1) is 5.92 Å². The molecule has 1 heterocycles. The molecular weight excluding hydrogens is 330 g/mol. The van der Waals surface area contributed by atoms with Gasteiger partial charge < -0.3 is 19.1 Å². The van der Waals surface area contributed by atoms with E-state index < -0.39 is 0 Å². The Morgan fingerprint density at radius 2 is 2.00 bits per heavy atom. The number of hydrogen-bond donors (Lipinski definition) is 1. The van der Waals surface area contributed by atoms with Crippen molar-refractivity contribution in [1.82, 2.24) is 0 Å². The fourth-order valence-corrected chi connectivity index (χ4v) is 5.71. The number of quaternary nitrogens is 1. The normalized spacial score (nSPS) is 32.0. The Morgan fingerprint density at radius 1 is 1.23 bits per heavy atom. The number of nitrogens with zero attached hydrogens (tertiary/aromatic N) is 1. The number of fused-ring (bicyclic) bond motifs is 1. The number of allylic oxidation sites excluding steroid dienone is 1. The summed E-state index contributed by atoms with van der Waals surface area (Å²) < 4.78 is 11.7. The summed E-state index contributed by atoms with van der Waals surface area (Å²) in [5.41, 5.74) is 1.71. The van der Waals surface area contributed by atoms with E-state index in [-0.39, 0.29) is 22.9 Å². The van der Waals surface area contributed by atoms with Gasteiger partial charge in [-0.1, -0.05) is 6.07 Å². The van der Waals surface area contributed by atoms with E-state index in [9.17, 15) is 9.90 Å². The molecule has 1 fully saturated rings. The second kappa shape index (κ2) is 5.74. The van der Waals surface area contributed by atoms with Crippen LogP contribution in [0.5, 0.6) is 11.5 Å². The molecule has 1 saturated heterocycles. The molecule has 0 saturated carbocycles. The summed E-state index contributed by atoms with van der Waals surface area (Å²) in [6.45, 7) is 1.07. The van der Waals surface area contributed by atoms with Gasteiger partial charge in [-0.2, -0.15) is 0 Å². The van der Waals surface area contributed by atoms with Gasteiger partial charge >= 0.3 is 0 Å². The first kappa shape index (κ1) is 17.4. The van der Waals surface area contributed by atoms with Crippen molar-refractivity contribution in [3.63, 3.8) is 0 Å². The molecule has 3 atom stereocenters. The first-order valence-corrected chi connectivity index (χ1v) is 9.35. The number of hydrogen-bond acceptors (Lipinski definition) is 4. The van der Waals surface area contributed by atoms with Crippen LogP contribution in [0.3, 0.4) is 0 Å². The van der Waals surface area contributed by atoms with Gasteiger partial charge in [-0.05, 0) is 30.5 Å². The number of ether oxygens (including phenoxy) is 2. The highest BCUT2D eigenvalue weighted by molar-refractivity contribution is 5.96. The summed E-state index contributed by atoms with van der Waals surface area (Å²) in [6.07, 6.45) is 5.24. The van der Waals surface area contributed by atoms with Gasteiger partial charge in [0.2, 0.25) is 0 Å². The monoisotopic (exact) mass is 358 g/mol. The van der Waals surface area contributed by atoms with Crippen molar-refractivity contribution in [3.05, 3.63) is 35.1 Å². The predicted molar refractivity (Wildman–Crippen MR) is 98.2 cm³/mol. The van der Waals surface area contributed by atoms with Crippen molar-refractivity contribution in [2.75, 3.05) is 34.9 Å². The van der Waals surface area contributed by atoms with Gasteiger partial charge in [-0.15, -0.1) is 0 Å². The number of likely N-dealkylation sites (N-methyl/N-ethyl adjacent to an activating group) is 1. The molecule has 26 heavy (non-hydrogen) atoms. The van der Waals surface area contributed by atoms with Crippen LogP contribution in [0.2, 0.25) is 0 Å². The zero-order chi connectivity index (χ0) is 18.7. The van der Waals surface area contributed by atoms with Crippen LogP contribution in [-0.4, -0.2) is 56.3 Å². The molecule has 0 aromatic heterocycles. The van der Waals surface area contributed by atoms with Crippen molar-refractivity contribution < 1.29 is 23.9 Å². The van der Waals surface area contributed by atoms with Gasteiger partial charge in [0.05, 0.1) is 34.9 Å². The van der Waals surface area contributed by atoms with Crippen LogP contribution < -0.4 is 4.74 Å². The lowest BCUT2D eigenvalue weighted by Gasteiger charge is -2.51. The van der Waals surface area contributed by atoms with Crippen LogP contribution in [-0.2, 0) is 21.4 Å². The SMILES string of the molecule is COC1=C[C@@H]2[C@H]3Cc4ccc(OC)c(O)c4[C@@]2(CCC[N+]3(C)C)CC1=O. The molecule has 0 spiro atoms. The van der Waals surface area contributed by atoms with E-state index in [1.165, 1.54) is 0 Å². The third kappa shape index (κ3) is 2.22. The van der Waals surface area contributed by atoms with Gasteiger partial charge in [0, 0.05) is 29.7 Å². The number of benzene rings is 1. The lowest BCUT2D eigenvalue weighted by atomic mass is 9.55. The maximum Gasteiger partial charge on any atom is 0.197 e. The summed E-state index contributed by atoms with van der Waals surface area (Å²) >= 11 is 0. The molecule has 0 unspecified atom stereocenters. The Hall–Kier alpha value is -2.01. The van der Waals surface area contributed by atoms with Gasteiger partial charge in [0.25, 0.3) is 0 Å². The average Bonchev–Trinajstić information content (AvgIpc) is 2.66. The molecule has 1 aromatic rings. The fourth-order valence-electron chi connectivity index (χ4n) is 5.71. The van der Waals surface area contributed by atoms with E-state index in [0.717, 1.165) is 41.4 Å². The quantitative estimate of drug-likeness (QED) is 0.826. The molecule has 4 rings (SSSR count). The minimum Gasteiger partial charge on any atom is -0.504 e. The standard InChI is InChI=1S/C21H27NO4/c1-22(2)9-5-8-21-12-16(23)18(26-4)11-14(21)15(22)10-13-6-7-17(25-3)20(24)19(13)21/h6-7,11,14-15H,5,8-10,12H2,1-4H3/p+1/t14-,15-,21+/m1/s1. The Kier molecular flexibility index (Phi) is 3.85. The van der Waals surface area contributed by atoms with Gasteiger partial charge in [-0.25, -0.2) is 0 Å². The number of rotatable bonds is 2. The molecule has 1 aliphatic heterocycles. The Labute approximate surface area is 154 Å². The maximum absolute atomic E-state index is 12.8. The zero-order valence-corrected chi connectivity index (χ0v) is 16.0. The number of ketones is 1. The van der Waals surface area contributed by atoms with Crippen molar-refractivity contribution in [1.29, 1.82) is 0 Å². The van der Waals surface area contributed by atoms with E-state index in [4.69, 9.17) is 9.47 Å². The van der Waals surface area contributed by atoms with Gasteiger partial charge in [-0.3, -0.25) is 4.79 Å². The number of phenols is 1. The van der Waals surface area contributed by atoms with Crippen LogP contribution >= 0.6 is 0 Å². The lowest BCUT2D eigenvalue weighted by Crippen LogP contribution is -2.59. The number of carbonyl (C=O) groups is 1. The van der Waals surface area contributed by atoms with Crippen molar-refractivity contribution in [2.45, 2.75) is 37.1 Å². The zero-order valence-electron chi connectivity index (χ0n) is 16.0. The van der Waals surface area contributed by atoms with Crippen LogP contribution in [0.25, 0.3) is 0 Å². The molecule has 0 amide bonds. The van der Waals surface area contributed by atoms with Crippen molar-refractivity contribution in [2.24, 2.45) is 5.92 Å². The highest BCUT2D eigenvalue weighted by Crippen LogP contribution is 2.58. The number of aromatic hydroxyl groups is 1. The highest BCUT2D eigenvalue weighted by atomic mass is 16.5. The predicted octanol–water partition coefficient (Wildman–Crippen LogP) is 2.55. The molecule has 2 bridgehead atoms. The number of phenolic OH excluding ortho intramolecular Hbond substituents is 1. The summed E-state index contributed by atoms with van der Waals surface area (Å²) in [6, 6.07) is 4.28. The van der Waals surface area contributed by atoms with Crippen LogP contribution in [0.15, 0.2) is 24.0 Å². The summed E-state index contributed by atoms with van der Waals surface area (Å²) in [5, 5.41) is 11.0. The number of carbonyl (C=O) groups excluding carboxylic acids is 1. The molecule has 2 aliphatic carbocycles. The third-order valence-corrected chi connectivity index (χ3v) is 6.98. The summed E-state index contributed by atoms with van der Waals surface area (Å²) in [7, 11) is 7.71. The number of methoxy groups -OCH3 is 2. The van der Waals surface area contributed by atoms with Crippen molar-refractivity contribution >= 4 is 5.78 Å². The minimum absolute atomic E-state index is 0.0322. The largest absolute Gasteiger partial charge is 0.504 e. The summed E-state index contributed by atoms with van der Waals surface area (Å²) in [4.78, 5) is 12.8.